The van der Waals surface area contributed by atoms with E-state index in [1.165, 1.54) is 12.1 Å². The Bertz CT molecular complexity index is 517. The van der Waals surface area contributed by atoms with E-state index in [1.807, 2.05) is 12.3 Å². The van der Waals surface area contributed by atoms with Crippen LogP contribution in [0.15, 0.2) is 29.6 Å². The highest BCUT2D eigenvalue weighted by atomic mass is 32.1. The topological polar surface area (TPSA) is 12.9 Å². The number of aryl methyl sites for hydroxylation is 1. The monoisotopic (exact) mass is 217 g/mol. The zero-order valence-corrected chi connectivity index (χ0v) is 8.94. The molecule has 0 bridgehead atoms. The normalized spacial score (nSPS) is 9.47. The third-order valence-electron chi connectivity index (χ3n) is 1.80. The summed E-state index contributed by atoms with van der Waals surface area (Å²) in [7, 11) is 0. The molecule has 0 spiro atoms. The van der Waals surface area contributed by atoms with Gasteiger partial charge in [0.25, 0.3) is 0 Å². The van der Waals surface area contributed by atoms with Crippen molar-refractivity contribution in [2.75, 3.05) is 0 Å². The summed E-state index contributed by atoms with van der Waals surface area (Å²) in [6, 6.07) is 6.11. The lowest BCUT2D eigenvalue weighted by Gasteiger charge is -1.88. The first-order valence-corrected chi connectivity index (χ1v) is 5.32. The summed E-state index contributed by atoms with van der Waals surface area (Å²) in [5.74, 6) is 5.61. The SMILES string of the molecule is Cc1nc(C#Cc2ccc(F)cc2)cs1. The average molecular weight is 217 g/mol. The zero-order valence-electron chi connectivity index (χ0n) is 8.12. The molecule has 0 unspecified atom stereocenters. The Labute approximate surface area is 91.6 Å². The second-order valence-electron chi connectivity index (χ2n) is 3.01. The largest absolute Gasteiger partial charge is 0.233 e. The fourth-order valence-corrected chi connectivity index (χ4v) is 1.64. The van der Waals surface area contributed by atoms with Crippen molar-refractivity contribution in [2.24, 2.45) is 0 Å². The molecule has 0 aliphatic heterocycles. The van der Waals surface area contributed by atoms with Crippen LogP contribution in [0.5, 0.6) is 0 Å². The van der Waals surface area contributed by atoms with E-state index in [9.17, 15) is 4.39 Å². The molecule has 1 aromatic carbocycles. The number of halogens is 1. The molecule has 15 heavy (non-hydrogen) atoms. The van der Waals surface area contributed by atoms with Crippen molar-refractivity contribution in [3.8, 4) is 11.8 Å². The quantitative estimate of drug-likeness (QED) is 0.618. The number of nitrogens with zero attached hydrogens (tertiary/aromatic N) is 1. The summed E-state index contributed by atoms with van der Waals surface area (Å²) >= 11 is 1.57. The zero-order chi connectivity index (χ0) is 10.7. The van der Waals surface area contributed by atoms with Crippen molar-refractivity contribution >= 4 is 11.3 Å². The van der Waals surface area contributed by atoms with Crippen LogP contribution in [-0.4, -0.2) is 4.98 Å². The molecule has 74 valence electrons. The van der Waals surface area contributed by atoms with E-state index >= 15 is 0 Å². The van der Waals surface area contributed by atoms with Crippen LogP contribution in [0.3, 0.4) is 0 Å². The molecule has 2 aromatic rings. The maximum absolute atomic E-state index is 12.6. The molecule has 0 aliphatic carbocycles. The van der Waals surface area contributed by atoms with Gasteiger partial charge in [-0.25, -0.2) is 9.37 Å². The van der Waals surface area contributed by atoms with Gasteiger partial charge in [0, 0.05) is 10.9 Å². The van der Waals surface area contributed by atoms with Crippen molar-refractivity contribution in [1.29, 1.82) is 0 Å². The summed E-state index contributed by atoms with van der Waals surface area (Å²) in [6.45, 7) is 1.94. The molecule has 1 nitrogen and oxygen atoms in total. The molecule has 0 amide bonds. The Balaban J connectivity index is 2.22. The minimum Gasteiger partial charge on any atom is -0.233 e. The first-order chi connectivity index (χ1) is 7.24. The average Bonchev–Trinajstić information content (AvgIpc) is 2.64. The molecule has 0 fully saturated rings. The van der Waals surface area contributed by atoms with Gasteiger partial charge in [-0.3, -0.25) is 0 Å². The van der Waals surface area contributed by atoms with Crippen LogP contribution < -0.4 is 0 Å². The number of rotatable bonds is 0. The van der Waals surface area contributed by atoms with Gasteiger partial charge < -0.3 is 0 Å². The second kappa shape index (κ2) is 4.24. The van der Waals surface area contributed by atoms with Crippen LogP contribution in [0.2, 0.25) is 0 Å². The van der Waals surface area contributed by atoms with Gasteiger partial charge in [0.05, 0.1) is 5.01 Å². The molecule has 3 heteroatoms. The maximum atomic E-state index is 12.6. The summed E-state index contributed by atoms with van der Waals surface area (Å²) in [4.78, 5) is 4.21. The van der Waals surface area contributed by atoms with Crippen molar-refractivity contribution in [3.63, 3.8) is 0 Å². The van der Waals surface area contributed by atoms with Gasteiger partial charge in [-0.15, -0.1) is 11.3 Å². The number of hydrogen-bond acceptors (Lipinski definition) is 2. The first kappa shape index (κ1) is 9.88. The molecular formula is C12H8FNS. The maximum Gasteiger partial charge on any atom is 0.124 e. The highest BCUT2D eigenvalue weighted by Crippen LogP contribution is 2.07. The van der Waals surface area contributed by atoms with Gasteiger partial charge >= 0.3 is 0 Å². The lowest BCUT2D eigenvalue weighted by atomic mass is 10.2. The van der Waals surface area contributed by atoms with Gasteiger partial charge in [0.1, 0.15) is 11.5 Å². The molecule has 1 heterocycles. The summed E-state index contributed by atoms with van der Waals surface area (Å²) in [5, 5.41) is 2.91. The Hall–Kier alpha value is -1.66. The molecule has 0 N–H and O–H groups in total. The first-order valence-electron chi connectivity index (χ1n) is 4.44. The Morgan fingerprint density at radius 3 is 2.53 bits per heavy atom. The smallest absolute Gasteiger partial charge is 0.124 e. The Morgan fingerprint density at radius 2 is 1.93 bits per heavy atom. The molecule has 0 radical (unpaired) electrons. The third kappa shape index (κ3) is 2.64. The van der Waals surface area contributed by atoms with E-state index in [2.05, 4.69) is 16.8 Å². The number of hydrogen-bond donors (Lipinski definition) is 0. The van der Waals surface area contributed by atoms with Gasteiger partial charge in [-0.2, -0.15) is 0 Å². The molecular weight excluding hydrogens is 209 g/mol. The number of thiazole rings is 1. The standard InChI is InChI=1S/C12H8FNS/c1-9-14-12(8-15-9)7-4-10-2-5-11(13)6-3-10/h2-3,5-6,8H,1H3. The molecule has 0 saturated carbocycles. The van der Waals surface area contributed by atoms with Crippen LogP contribution in [0.1, 0.15) is 16.3 Å². The van der Waals surface area contributed by atoms with Gasteiger partial charge in [0.15, 0.2) is 0 Å². The van der Waals surface area contributed by atoms with E-state index in [0.29, 0.717) is 0 Å². The van der Waals surface area contributed by atoms with E-state index < -0.39 is 0 Å². The summed E-state index contributed by atoms with van der Waals surface area (Å²) in [6.07, 6.45) is 0. The van der Waals surface area contributed by atoms with Crippen LogP contribution >= 0.6 is 11.3 Å². The molecule has 2 rings (SSSR count). The Kier molecular flexibility index (Phi) is 2.79. The molecule has 1 aromatic heterocycles. The van der Waals surface area contributed by atoms with E-state index in [4.69, 9.17) is 0 Å². The molecule has 0 aliphatic rings. The van der Waals surface area contributed by atoms with E-state index in [0.717, 1.165) is 16.3 Å². The van der Waals surface area contributed by atoms with E-state index in [1.54, 1.807) is 23.5 Å². The number of benzene rings is 1. The number of aromatic nitrogens is 1. The van der Waals surface area contributed by atoms with Gasteiger partial charge in [-0.05, 0) is 37.1 Å². The van der Waals surface area contributed by atoms with E-state index in [-0.39, 0.29) is 5.82 Å². The lowest BCUT2D eigenvalue weighted by Crippen LogP contribution is -1.77. The fourth-order valence-electron chi connectivity index (χ4n) is 1.09. The van der Waals surface area contributed by atoms with Crippen LogP contribution in [0, 0.1) is 24.6 Å². The van der Waals surface area contributed by atoms with Crippen molar-refractivity contribution in [2.45, 2.75) is 6.92 Å². The molecule has 0 atom stereocenters. The van der Waals surface area contributed by atoms with Crippen LogP contribution in [0.25, 0.3) is 0 Å². The van der Waals surface area contributed by atoms with Crippen LogP contribution in [-0.2, 0) is 0 Å². The van der Waals surface area contributed by atoms with Crippen molar-refractivity contribution in [3.05, 3.63) is 51.7 Å². The fraction of sp³-hybridized carbons (Fsp3) is 0.0833. The summed E-state index contributed by atoms with van der Waals surface area (Å²) in [5.41, 5.74) is 1.56. The predicted octanol–water partition coefficient (Wildman–Crippen LogP) is 2.99. The lowest BCUT2D eigenvalue weighted by molar-refractivity contribution is 0.627. The summed E-state index contributed by atoms with van der Waals surface area (Å²) < 4.78 is 12.6. The highest BCUT2D eigenvalue weighted by molar-refractivity contribution is 7.09. The van der Waals surface area contributed by atoms with Crippen molar-refractivity contribution in [1.82, 2.24) is 4.98 Å². The predicted molar refractivity (Wildman–Crippen MR) is 59.2 cm³/mol. The van der Waals surface area contributed by atoms with Gasteiger partial charge in [0.2, 0.25) is 0 Å². The third-order valence-corrected chi connectivity index (χ3v) is 2.57. The molecule has 0 saturated heterocycles. The highest BCUT2D eigenvalue weighted by Gasteiger charge is 1.92. The minimum absolute atomic E-state index is 0.245. The minimum atomic E-state index is -0.245. The van der Waals surface area contributed by atoms with Crippen molar-refractivity contribution < 1.29 is 4.39 Å². The second-order valence-corrected chi connectivity index (χ2v) is 4.07. The van der Waals surface area contributed by atoms with Crippen LogP contribution in [0.4, 0.5) is 4.39 Å². The Morgan fingerprint density at radius 1 is 1.20 bits per heavy atom. The van der Waals surface area contributed by atoms with Gasteiger partial charge in [-0.1, -0.05) is 5.92 Å².